The van der Waals surface area contributed by atoms with E-state index in [4.69, 9.17) is 11.6 Å². The van der Waals surface area contributed by atoms with E-state index in [1.165, 1.54) is 6.20 Å². The van der Waals surface area contributed by atoms with E-state index >= 15 is 0 Å². The van der Waals surface area contributed by atoms with Gasteiger partial charge >= 0.3 is 0 Å². The van der Waals surface area contributed by atoms with Crippen LogP contribution in [0.4, 0.5) is 4.39 Å². The Hall–Kier alpha value is -0.890. The predicted octanol–water partition coefficient (Wildman–Crippen LogP) is 2.86. The van der Waals surface area contributed by atoms with Crippen molar-refractivity contribution < 1.29 is 4.39 Å². The molecule has 0 radical (unpaired) electrons. The van der Waals surface area contributed by atoms with Gasteiger partial charge in [-0.2, -0.15) is 0 Å². The fourth-order valence-corrected chi connectivity index (χ4v) is 0.920. The second kappa shape index (κ2) is 4.88. The first kappa shape index (κ1) is 9.20. The largest absolute Gasteiger partial charge is 0.262 e. The number of allylic oxidation sites excluding steroid dienone is 1. The molecule has 0 aliphatic heterocycles. The van der Waals surface area contributed by atoms with E-state index in [2.05, 4.69) is 4.98 Å². The van der Waals surface area contributed by atoms with Crippen molar-refractivity contribution in [2.45, 2.75) is 6.42 Å². The third-order valence-corrected chi connectivity index (χ3v) is 1.60. The van der Waals surface area contributed by atoms with Crippen LogP contribution < -0.4 is 0 Å². The van der Waals surface area contributed by atoms with Gasteiger partial charge in [0.25, 0.3) is 0 Å². The summed E-state index contributed by atoms with van der Waals surface area (Å²) in [4.78, 5) is 3.64. The van der Waals surface area contributed by atoms with Crippen LogP contribution in [0.25, 0.3) is 6.08 Å². The van der Waals surface area contributed by atoms with Gasteiger partial charge in [-0.3, -0.25) is 4.98 Å². The van der Waals surface area contributed by atoms with Crippen LogP contribution in [0.5, 0.6) is 0 Å². The zero-order valence-electron chi connectivity index (χ0n) is 6.50. The van der Waals surface area contributed by atoms with Gasteiger partial charge in [-0.1, -0.05) is 12.2 Å². The predicted molar refractivity (Wildman–Crippen MR) is 48.6 cm³/mol. The summed E-state index contributed by atoms with van der Waals surface area (Å²) in [5.74, 6) is 0.256. The number of nitrogens with zero attached hydrogens (tertiary/aromatic N) is 1. The number of hydrogen-bond acceptors (Lipinski definition) is 1. The first-order valence-electron chi connectivity index (χ1n) is 3.66. The molecule has 1 aromatic heterocycles. The Kier molecular flexibility index (Phi) is 3.74. The molecule has 0 aliphatic rings. The molecule has 0 saturated heterocycles. The van der Waals surface area contributed by atoms with Gasteiger partial charge in [0.15, 0.2) is 0 Å². The van der Waals surface area contributed by atoms with Crippen LogP contribution in [0.1, 0.15) is 12.0 Å². The molecule has 1 nitrogen and oxygen atoms in total. The van der Waals surface area contributed by atoms with Crippen LogP contribution in [0.3, 0.4) is 0 Å². The highest BCUT2D eigenvalue weighted by atomic mass is 35.5. The zero-order chi connectivity index (χ0) is 8.81. The Balaban J connectivity index is 2.68. The summed E-state index contributed by atoms with van der Waals surface area (Å²) in [7, 11) is 0. The van der Waals surface area contributed by atoms with Crippen LogP contribution in [0.2, 0.25) is 0 Å². The lowest BCUT2D eigenvalue weighted by Gasteiger charge is -1.93. The average molecular weight is 186 g/mol. The molecule has 0 aromatic carbocycles. The molecule has 0 amide bonds. The fourth-order valence-electron chi connectivity index (χ4n) is 0.794. The molecule has 1 rings (SSSR count). The van der Waals surface area contributed by atoms with Gasteiger partial charge in [-0.25, -0.2) is 4.39 Å². The average Bonchev–Trinajstić information content (AvgIpc) is 2.09. The quantitative estimate of drug-likeness (QED) is 0.660. The first-order valence-corrected chi connectivity index (χ1v) is 4.20. The zero-order valence-corrected chi connectivity index (χ0v) is 7.26. The summed E-state index contributed by atoms with van der Waals surface area (Å²) >= 11 is 5.45. The van der Waals surface area contributed by atoms with Crippen molar-refractivity contribution in [2.24, 2.45) is 0 Å². The van der Waals surface area contributed by atoms with E-state index in [0.29, 0.717) is 11.4 Å². The van der Waals surface area contributed by atoms with Crippen LogP contribution in [0.15, 0.2) is 24.5 Å². The highest BCUT2D eigenvalue weighted by Crippen LogP contribution is 2.06. The summed E-state index contributed by atoms with van der Waals surface area (Å²) in [5.41, 5.74) is 0.551. The van der Waals surface area contributed by atoms with Gasteiger partial charge in [-0.05, 0) is 12.5 Å². The van der Waals surface area contributed by atoms with Crippen molar-refractivity contribution in [1.82, 2.24) is 4.98 Å². The number of halogens is 2. The Bertz CT molecular complexity index is 273. The standard InChI is InChI=1S/C9H9ClFN/c10-5-2-1-3-8-4-6-12-7-9(8)11/h1,3-4,6-7H,2,5H2/b3-1+. The molecule has 1 heterocycles. The molecular weight excluding hydrogens is 177 g/mol. The topological polar surface area (TPSA) is 12.9 Å². The molecule has 0 bridgehead atoms. The minimum absolute atomic E-state index is 0.302. The molecule has 0 fully saturated rings. The number of aromatic nitrogens is 1. The molecular formula is C9H9ClFN. The van der Waals surface area contributed by atoms with E-state index in [9.17, 15) is 4.39 Å². The Morgan fingerprint density at radius 2 is 2.42 bits per heavy atom. The molecule has 64 valence electrons. The molecule has 3 heteroatoms. The van der Waals surface area contributed by atoms with Gasteiger partial charge < -0.3 is 0 Å². The Labute approximate surface area is 75.9 Å². The highest BCUT2D eigenvalue weighted by molar-refractivity contribution is 6.17. The lowest BCUT2D eigenvalue weighted by Crippen LogP contribution is -1.82. The molecule has 0 saturated carbocycles. The normalized spacial score (nSPS) is 10.8. The van der Waals surface area contributed by atoms with Crippen molar-refractivity contribution in [3.8, 4) is 0 Å². The number of alkyl halides is 1. The summed E-state index contributed by atoms with van der Waals surface area (Å²) in [6.07, 6.45) is 7.05. The van der Waals surface area contributed by atoms with Gasteiger partial charge in [0.05, 0.1) is 6.20 Å². The van der Waals surface area contributed by atoms with Crippen LogP contribution >= 0.6 is 11.6 Å². The van der Waals surface area contributed by atoms with Crippen molar-refractivity contribution in [3.05, 3.63) is 35.9 Å². The summed E-state index contributed by atoms with van der Waals surface area (Å²) < 4.78 is 12.9. The maximum absolute atomic E-state index is 12.9. The van der Waals surface area contributed by atoms with Gasteiger partial charge in [0.1, 0.15) is 5.82 Å². The molecule has 0 atom stereocenters. The van der Waals surface area contributed by atoms with Gasteiger partial charge in [0, 0.05) is 17.6 Å². The third kappa shape index (κ3) is 2.62. The van der Waals surface area contributed by atoms with Crippen molar-refractivity contribution in [3.63, 3.8) is 0 Å². The highest BCUT2D eigenvalue weighted by Gasteiger charge is 1.94. The molecule has 0 aliphatic carbocycles. The molecule has 0 N–H and O–H groups in total. The van der Waals surface area contributed by atoms with Crippen molar-refractivity contribution in [1.29, 1.82) is 0 Å². The third-order valence-electron chi connectivity index (χ3n) is 1.38. The van der Waals surface area contributed by atoms with E-state index < -0.39 is 0 Å². The first-order chi connectivity index (χ1) is 5.84. The SMILES string of the molecule is Fc1cnccc1/C=C/CCCl. The second-order valence-corrected chi connectivity index (χ2v) is 2.66. The van der Waals surface area contributed by atoms with Gasteiger partial charge in [0.2, 0.25) is 0 Å². The number of pyridine rings is 1. The Morgan fingerprint density at radius 3 is 3.08 bits per heavy atom. The second-order valence-electron chi connectivity index (χ2n) is 2.28. The Morgan fingerprint density at radius 1 is 1.58 bits per heavy atom. The van der Waals surface area contributed by atoms with Crippen LogP contribution in [-0.2, 0) is 0 Å². The molecule has 0 unspecified atom stereocenters. The smallest absolute Gasteiger partial charge is 0.148 e. The molecule has 0 spiro atoms. The maximum atomic E-state index is 12.9. The van der Waals surface area contributed by atoms with Crippen LogP contribution in [-0.4, -0.2) is 10.9 Å². The summed E-state index contributed by atoms with van der Waals surface area (Å²) in [5, 5.41) is 0. The number of rotatable bonds is 3. The van der Waals surface area contributed by atoms with Crippen LogP contribution in [0, 0.1) is 5.82 Å². The lowest BCUT2D eigenvalue weighted by molar-refractivity contribution is 0.618. The van der Waals surface area contributed by atoms with E-state index in [-0.39, 0.29) is 5.82 Å². The number of hydrogen-bond donors (Lipinski definition) is 0. The summed E-state index contributed by atoms with van der Waals surface area (Å²) in [6, 6.07) is 1.63. The molecule has 12 heavy (non-hydrogen) atoms. The maximum Gasteiger partial charge on any atom is 0.148 e. The molecule has 1 aromatic rings. The summed E-state index contributed by atoms with van der Waals surface area (Å²) in [6.45, 7) is 0. The monoisotopic (exact) mass is 185 g/mol. The fraction of sp³-hybridized carbons (Fsp3) is 0.222. The minimum atomic E-state index is -0.302. The van der Waals surface area contributed by atoms with E-state index in [0.717, 1.165) is 6.42 Å². The van der Waals surface area contributed by atoms with Crippen molar-refractivity contribution >= 4 is 17.7 Å². The van der Waals surface area contributed by atoms with E-state index in [1.54, 1.807) is 18.3 Å². The minimum Gasteiger partial charge on any atom is -0.262 e. The van der Waals surface area contributed by atoms with E-state index in [1.807, 2.05) is 6.08 Å². The van der Waals surface area contributed by atoms with Gasteiger partial charge in [-0.15, -0.1) is 11.6 Å². The lowest BCUT2D eigenvalue weighted by atomic mass is 10.2. The van der Waals surface area contributed by atoms with Crippen molar-refractivity contribution in [2.75, 3.05) is 5.88 Å².